The van der Waals surface area contributed by atoms with E-state index in [2.05, 4.69) is 9.84 Å². The number of nitrogens with zero attached hydrogens (tertiary/aromatic N) is 2. The molecule has 138 valence electrons. The van der Waals surface area contributed by atoms with Crippen LogP contribution in [0.2, 0.25) is 0 Å². The topological polar surface area (TPSA) is 62.3 Å². The maximum atomic E-state index is 12.7. The maximum Gasteiger partial charge on any atom is 0.573 e. The van der Waals surface area contributed by atoms with Crippen molar-refractivity contribution < 1.29 is 22.6 Å². The van der Waals surface area contributed by atoms with Gasteiger partial charge < -0.3 is 15.2 Å². The number of alkyl halides is 3. The number of halogens is 3. The van der Waals surface area contributed by atoms with Gasteiger partial charge in [-0.15, -0.1) is 13.2 Å². The summed E-state index contributed by atoms with van der Waals surface area (Å²) in [5.41, 5.74) is 6.15. The summed E-state index contributed by atoms with van der Waals surface area (Å²) in [6.45, 7) is 7.29. The molecule has 0 unspecified atom stereocenters. The van der Waals surface area contributed by atoms with Gasteiger partial charge in [0.05, 0.1) is 19.3 Å². The van der Waals surface area contributed by atoms with Crippen molar-refractivity contribution in [1.82, 2.24) is 9.78 Å². The van der Waals surface area contributed by atoms with Gasteiger partial charge in [-0.1, -0.05) is 20.8 Å². The van der Waals surface area contributed by atoms with Crippen molar-refractivity contribution in [2.45, 2.75) is 33.7 Å². The molecule has 0 saturated heterocycles. The Morgan fingerprint density at radius 2 is 1.92 bits per heavy atom. The molecule has 5 nitrogen and oxygen atoms in total. The van der Waals surface area contributed by atoms with Crippen molar-refractivity contribution in [1.29, 1.82) is 0 Å². The number of hydrogen-bond donors (Lipinski definition) is 1. The molecule has 2 N–H and O–H groups in total. The van der Waals surface area contributed by atoms with E-state index in [1.807, 2.05) is 20.8 Å². The van der Waals surface area contributed by atoms with E-state index in [1.165, 1.54) is 24.4 Å². The predicted molar refractivity (Wildman–Crippen MR) is 88.4 cm³/mol. The lowest BCUT2D eigenvalue weighted by Crippen LogP contribution is -2.18. The van der Waals surface area contributed by atoms with E-state index in [-0.39, 0.29) is 16.7 Å². The van der Waals surface area contributed by atoms with Gasteiger partial charge in [0.2, 0.25) is 0 Å². The fourth-order valence-corrected chi connectivity index (χ4v) is 2.10. The minimum absolute atomic E-state index is 0.0761. The third-order valence-corrected chi connectivity index (χ3v) is 3.15. The number of nitrogens with two attached hydrogens (primary N) is 1. The third kappa shape index (κ3) is 5.97. The highest BCUT2D eigenvalue weighted by Gasteiger charge is 2.32. The van der Waals surface area contributed by atoms with Crippen molar-refractivity contribution in [3.63, 3.8) is 0 Å². The maximum absolute atomic E-state index is 12.7. The van der Waals surface area contributed by atoms with Gasteiger partial charge in [0.1, 0.15) is 11.5 Å². The van der Waals surface area contributed by atoms with Gasteiger partial charge in [0, 0.05) is 23.9 Å². The molecule has 25 heavy (non-hydrogen) atoms. The van der Waals surface area contributed by atoms with E-state index in [0.717, 1.165) is 0 Å². The van der Waals surface area contributed by atoms with Gasteiger partial charge in [-0.3, -0.25) is 4.68 Å². The number of benzene rings is 1. The molecule has 0 fully saturated rings. The summed E-state index contributed by atoms with van der Waals surface area (Å²) < 4.78 is 49.4. The minimum atomic E-state index is -4.78. The van der Waals surface area contributed by atoms with E-state index in [9.17, 15) is 13.2 Å². The average molecular weight is 357 g/mol. The van der Waals surface area contributed by atoms with Crippen LogP contribution in [-0.4, -0.2) is 29.3 Å². The first kappa shape index (κ1) is 19.1. The molecule has 0 saturated carbocycles. The number of ether oxygens (including phenoxy) is 2. The van der Waals surface area contributed by atoms with E-state index < -0.39 is 6.36 Å². The highest BCUT2D eigenvalue weighted by molar-refractivity contribution is 5.71. The van der Waals surface area contributed by atoms with Gasteiger partial charge >= 0.3 is 6.36 Å². The molecule has 0 aliphatic carbocycles. The molecule has 0 amide bonds. The zero-order valence-electron chi connectivity index (χ0n) is 14.4. The van der Waals surface area contributed by atoms with Gasteiger partial charge in [-0.2, -0.15) is 5.10 Å². The fourth-order valence-electron chi connectivity index (χ4n) is 2.10. The van der Waals surface area contributed by atoms with Crippen molar-refractivity contribution in [3.05, 3.63) is 30.6 Å². The second-order valence-corrected chi connectivity index (χ2v) is 6.84. The van der Waals surface area contributed by atoms with Gasteiger partial charge in [0.15, 0.2) is 0 Å². The molecule has 0 aliphatic heterocycles. The van der Waals surface area contributed by atoms with E-state index in [0.29, 0.717) is 31.0 Å². The van der Waals surface area contributed by atoms with E-state index in [1.54, 1.807) is 10.9 Å². The average Bonchev–Trinajstić information content (AvgIpc) is 2.92. The predicted octanol–water partition coefficient (Wildman–Crippen LogP) is 3.83. The number of aromatic nitrogens is 2. The molecule has 0 atom stereocenters. The largest absolute Gasteiger partial charge is 0.573 e. The first-order chi connectivity index (χ1) is 11.6. The van der Waals surface area contributed by atoms with Crippen LogP contribution in [0.4, 0.5) is 13.2 Å². The Labute approximate surface area is 144 Å². The Hall–Kier alpha value is -2.22. The number of hydrogen-bond acceptors (Lipinski definition) is 4. The molecule has 1 aromatic carbocycles. The SMILES string of the molecule is CC(C)(C)COc1ccc(OC(F)(F)F)c(-c2cnn(CCN)c2)c1. The molecule has 0 radical (unpaired) electrons. The molecule has 0 aliphatic rings. The van der Waals surface area contributed by atoms with E-state index >= 15 is 0 Å². The summed E-state index contributed by atoms with van der Waals surface area (Å²) in [6.07, 6.45) is -1.68. The minimum Gasteiger partial charge on any atom is -0.493 e. The first-order valence-corrected chi connectivity index (χ1v) is 7.83. The Balaban J connectivity index is 2.36. The lowest BCUT2D eigenvalue weighted by Gasteiger charge is -2.20. The van der Waals surface area contributed by atoms with Crippen LogP contribution < -0.4 is 15.2 Å². The summed E-state index contributed by atoms with van der Waals surface area (Å²) in [4.78, 5) is 0. The lowest BCUT2D eigenvalue weighted by molar-refractivity contribution is -0.274. The molecular weight excluding hydrogens is 335 g/mol. The zero-order valence-corrected chi connectivity index (χ0v) is 14.4. The molecular formula is C17H22F3N3O2. The summed E-state index contributed by atoms with van der Waals surface area (Å²) in [5.74, 6) is 0.161. The summed E-state index contributed by atoms with van der Waals surface area (Å²) in [6, 6.07) is 4.23. The van der Waals surface area contributed by atoms with Crippen molar-refractivity contribution in [2.24, 2.45) is 11.1 Å². The van der Waals surface area contributed by atoms with Gasteiger partial charge in [0.25, 0.3) is 0 Å². The molecule has 8 heteroatoms. The fraction of sp³-hybridized carbons (Fsp3) is 0.471. The second-order valence-electron chi connectivity index (χ2n) is 6.84. The summed E-state index contributed by atoms with van der Waals surface area (Å²) in [5, 5.41) is 4.09. The highest BCUT2D eigenvalue weighted by atomic mass is 19.4. The standard InChI is InChI=1S/C17H22F3N3O2/c1-16(2,3)11-24-13-4-5-15(25-17(18,19)20)14(8-13)12-9-22-23(10-12)7-6-21/h4-5,8-10H,6-7,11,21H2,1-3H3. The molecule has 0 bridgehead atoms. The zero-order chi connectivity index (χ0) is 18.7. The van der Waals surface area contributed by atoms with Crippen LogP contribution in [0.5, 0.6) is 11.5 Å². The van der Waals surface area contributed by atoms with Crippen LogP contribution >= 0.6 is 0 Å². The first-order valence-electron chi connectivity index (χ1n) is 7.83. The summed E-state index contributed by atoms with van der Waals surface area (Å²) >= 11 is 0. The molecule has 0 spiro atoms. The number of rotatable bonds is 6. The third-order valence-electron chi connectivity index (χ3n) is 3.15. The quantitative estimate of drug-likeness (QED) is 0.853. The normalized spacial score (nSPS) is 12.3. The van der Waals surface area contributed by atoms with Crippen LogP contribution in [0.15, 0.2) is 30.6 Å². The van der Waals surface area contributed by atoms with Crippen LogP contribution in [-0.2, 0) is 6.54 Å². The highest BCUT2D eigenvalue weighted by Crippen LogP contribution is 2.36. The Kier molecular flexibility index (Phi) is 5.62. The van der Waals surface area contributed by atoms with Crippen LogP contribution in [0.25, 0.3) is 11.1 Å². The van der Waals surface area contributed by atoms with E-state index in [4.69, 9.17) is 10.5 Å². The smallest absolute Gasteiger partial charge is 0.493 e. The van der Waals surface area contributed by atoms with Crippen LogP contribution in [0.1, 0.15) is 20.8 Å². The molecule has 1 aromatic heterocycles. The van der Waals surface area contributed by atoms with Crippen molar-refractivity contribution in [2.75, 3.05) is 13.2 Å². The Bertz CT molecular complexity index is 706. The lowest BCUT2D eigenvalue weighted by atomic mass is 9.98. The van der Waals surface area contributed by atoms with Crippen LogP contribution in [0.3, 0.4) is 0 Å². The molecule has 2 aromatic rings. The molecule has 2 rings (SSSR count). The monoisotopic (exact) mass is 357 g/mol. The van der Waals surface area contributed by atoms with Crippen molar-refractivity contribution >= 4 is 0 Å². The van der Waals surface area contributed by atoms with Gasteiger partial charge in [-0.05, 0) is 23.6 Å². The Morgan fingerprint density at radius 3 is 2.52 bits per heavy atom. The van der Waals surface area contributed by atoms with Crippen LogP contribution in [0, 0.1) is 5.41 Å². The summed E-state index contributed by atoms with van der Waals surface area (Å²) in [7, 11) is 0. The Morgan fingerprint density at radius 1 is 1.20 bits per heavy atom. The second kappa shape index (κ2) is 7.35. The molecule has 1 heterocycles. The van der Waals surface area contributed by atoms with Crippen molar-refractivity contribution in [3.8, 4) is 22.6 Å². The van der Waals surface area contributed by atoms with Gasteiger partial charge in [-0.25, -0.2) is 0 Å².